The van der Waals surface area contributed by atoms with Crippen molar-refractivity contribution in [1.29, 1.82) is 0 Å². The van der Waals surface area contributed by atoms with Gasteiger partial charge in [0, 0.05) is 25.6 Å². The van der Waals surface area contributed by atoms with Crippen molar-refractivity contribution in [1.82, 2.24) is 9.80 Å². The molecule has 3 fully saturated rings. The standard InChI is InChI=1S/C28H41N3O7S/c1-18-7-9-19(10-8-18)24(32)31(22-12-15-39-23(22)25(33)34)20-11-14-30(16-20)26(35)37-21-6-5-13-29(17-21)27(36)38-28(2,3)4/h12,15,18-21H,5-11,13-14,16-17H2,1-4H3,(H,33,34)/t18?,19?,20-,21+/m0/s1. The molecule has 10 nitrogen and oxygen atoms in total. The molecular formula is C28H41N3O7S. The molecule has 2 saturated heterocycles. The van der Waals surface area contributed by atoms with Crippen molar-refractivity contribution >= 4 is 41.1 Å². The van der Waals surface area contributed by atoms with Crippen LogP contribution in [0.4, 0.5) is 15.3 Å². The number of hydrogen-bond acceptors (Lipinski definition) is 7. The largest absolute Gasteiger partial charge is 0.477 e. The molecule has 0 unspecified atom stereocenters. The lowest BCUT2D eigenvalue weighted by molar-refractivity contribution is -0.124. The summed E-state index contributed by atoms with van der Waals surface area (Å²) in [5.74, 6) is -0.676. The highest BCUT2D eigenvalue weighted by Crippen LogP contribution is 2.36. The van der Waals surface area contributed by atoms with Gasteiger partial charge < -0.3 is 29.3 Å². The summed E-state index contributed by atoms with van der Waals surface area (Å²) in [6, 6.07) is 1.37. The van der Waals surface area contributed by atoms with Crippen LogP contribution in [0.3, 0.4) is 0 Å². The fourth-order valence-corrected chi connectivity index (χ4v) is 6.43. The summed E-state index contributed by atoms with van der Waals surface area (Å²) in [4.78, 5) is 56.3. The molecule has 3 heterocycles. The molecule has 0 bridgehead atoms. The van der Waals surface area contributed by atoms with Gasteiger partial charge in [0.2, 0.25) is 5.91 Å². The van der Waals surface area contributed by atoms with E-state index >= 15 is 0 Å². The first-order valence-electron chi connectivity index (χ1n) is 14.0. The number of carbonyl (C=O) groups is 4. The van der Waals surface area contributed by atoms with Gasteiger partial charge in [-0.1, -0.05) is 6.92 Å². The first kappa shape index (κ1) is 29.2. The first-order valence-corrected chi connectivity index (χ1v) is 14.9. The summed E-state index contributed by atoms with van der Waals surface area (Å²) < 4.78 is 11.3. The number of nitrogens with zero attached hydrogens (tertiary/aromatic N) is 3. The molecule has 2 aliphatic heterocycles. The summed E-state index contributed by atoms with van der Waals surface area (Å²) in [6.07, 6.45) is 4.10. The van der Waals surface area contributed by atoms with Gasteiger partial charge in [-0.15, -0.1) is 11.3 Å². The van der Waals surface area contributed by atoms with Gasteiger partial charge in [0.25, 0.3) is 0 Å². The topological polar surface area (TPSA) is 117 Å². The van der Waals surface area contributed by atoms with E-state index in [1.54, 1.807) is 26.1 Å². The van der Waals surface area contributed by atoms with Gasteiger partial charge in [-0.25, -0.2) is 14.4 Å². The molecule has 2 atom stereocenters. The lowest BCUT2D eigenvalue weighted by atomic mass is 9.82. The van der Waals surface area contributed by atoms with Crippen molar-refractivity contribution in [2.75, 3.05) is 31.1 Å². The van der Waals surface area contributed by atoms with Crippen LogP contribution in [0.2, 0.25) is 0 Å². The molecule has 1 aliphatic carbocycles. The van der Waals surface area contributed by atoms with E-state index in [-0.39, 0.29) is 35.8 Å². The maximum atomic E-state index is 13.8. The maximum Gasteiger partial charge on any atom is 0.410 e. The average Bonchev–Trinajstić information content (AvgIpc) is 3.55. The van der Waals surface area contributed by atoms with E-state index in [2.05, 4.69) is 6.92 Å². The third-order valence-electron chi connectivity index (χ3n) is 7.78. The van der Waals surface area contributed by atoms with Crippen LogP contribution >= 0.6 is 11.3 Å². The Morgan fingerprint density at radius 1 is 0.974 bits per heavy atom. The van der Waals surface area contributed by atoms with Crippen molar-refractivity contribution in [3.8, 4) is 0 Å². The third kappa shape index (κ3) is 7.23. The molecule has 3 amide bonds. The summed E-state index contributed by atoms with van der Waals surface area (Å²) in [6.45, 7) is 9.14. The number of anilines is 1. The van der Waals surface area contributed by atoms with Crippen molar-refractivity contribution in [2.45, 2.75) is 90.4 Å². The number of carboxylic acid groups (broad SMARTS) is 1. The Morgan fingerprint density at radius 2 is 1.67 bits per heavy atom. The second kappa shape index (κ2) is 12.1. The molecule has 0 spiro atoms. The normalized spacial score (nSPS) is 25.7. The van der Waals surface area contributed by atoms with Gasteiger partial charge in [-0.3, -0.25) is 4.79 Å². The van der Waals surface area contributed by atoms with Crippen LogP contribution in [-0.4, -0.2) is 82.9 Å². The summed E-state index contributed by atoms with van der Waals surface area (Å²) in [7, 11) is 0. The maximum absolute atomic E-state index is 13.8. The number of thiophene rings is 1. The van der Waals surface area contributed by atoms with E-state index < -0.39 is 29.9 Å². The Hall–Kier alpha value is -2.82. The van der Waals surface area contributed by atoms with E-state index in [0.29, 0.717) is 44.0 Å². The minimum atomic E-state index is -1.06. The highest BCUT2D eigenvalue weighted by molar-refractivity contribution is 7.12. The van der Waals surface area contributed by atoms with E-state index in [1.165, 1.54) is 0 Å². The number of amides is 3. The van der Waals surface area contributed by atoms with Gasteiger partial charge in [0.1, 0.15) is 16.6 Å². The molecule has 3 aliphatic rings. The highest BCUT2D eigenvalue weighted by Gasteiger charge is 2.40. The summed E-state index contributed by atoms with van der Waals surface area (Å²) in [5.41, 5.74) is -0.190. The zero-order valence-electron chi connectivity index (χ0n) is 23.4. The number of ether oxygens (including phenoxy) is 2. The average molecular weight is 564 g/mol. The van der Waals surface area contributed by atoms with Crippen LogP contribution in [0.25, 0.3) is 0 Å². The van der Waals surface area contributed by atoms with Crippen LogP contribution in [0.5, 0.6) is 0 Å². The number of aromatic carboxylic acids is 1. The monoisotopic (exact) mass is 563 g/mol. The van der Waals surface area contributed by atoms with E-state index in [4.69, 9.17) is 9.47 Å². The Bertz CT molecular complexity index is 1060. The van der Waals surface area contributed by atoms with E-state index in [9.17, 15) is 24.3 Å². The van der Waals surface area contributed by atoms with Crippen molar-refractivity contribution in [3.05, 3.63) is 16.3 Å². The molecule has 1 aromatic heterocycles. The molecule has 0 aromatic carbocycles. The predicted molar refractivity (Wildman–Crippen MR) is 147 cm³/mol. The smallest absolute Gasteiger partial charge is 0.410 e. The van der Waals surface area contributed by atoms with Gasteiger partial charge in [-0.05, 0) is 83.1 Å². The van der Waals surface area contributed by atoms with Crippen molar-refractivity contribution in [3.63, 3.8) is 0 Å². The Morgan fingerprint density at radius 3 is 2.33 bits per heavy atom. The van der Waals surface area contributed by atoms with Crippen molar-refractivity contribution in [2.24, 2.45) is 11.8 Å². The van der Waals surface area contributed by atoms with Gasteiger partial charge in [0.05, 0.1) is 18.3 Å². The molecule has 39 heavy (non-hydrogen) atoms. The third-order valence-corrected chi connectivity index (χ3v) is 8.68. The quantitative estimate of drug-likeness (QED) is 0.522. The van der Waals surface area contributed by atoms with Crippen LogP contribution in [0.1, 0.15) is 82.3 Å². The Balaban J connectivity index is 1.42. The predicted octanol–water partition coefficient (Wildman–Crippen LogP) is 5.22. The lowest BCUT2D eigenvalue weighted by Crippen LogP contribution is -2.48. The lowest BCUT2D eigenvalue weighted by Gasteiger charge is -2.35. The second-order valence-electron chi connectivity index (χ2n) is 12.1. The molecule has 11 heteroatoms. The molecule has 1 aromatic rings. The molecule has 216 valence electrons. The summed E-state index contributed by atoms with van der Waals surface area (Å²) in [5, 5.41) is 11.5. The molecule has 1 N–H and O–H groups in total. The fourth-order valence-electron chi connectivity index (χ4n) is 5.71. The SMILES string of the molecule is CC1CCC(C(=O)N(c2ccsc2C(=O)O)[C@H]2CCN(C(=O)O[C@@H]3CCCN(C(=O)OC(C)(C)C)C3)C2)CC1. The number of piperidine rings is 1. The minimum absolute atomic E-state index is 0.0525. The summed E-state index contributed by atoms with van der Waals surface area (Å²) >= 11 is 1.10. The van der Waals surface area contributed by atoms with Crippen molar-refractivity contribution < 1.29 is 33.8 Å². The fraction of sp³-hybridized carbons (Fsp3) is 0.714. The van der Waals surface area contributed by atoms with Crippen LogP contribution in [0, 0.1) is 11.8 Å². The van der Waals surface area contributed by atoms with Crippen LogP contribution < -0.4 is 4.90 Å². The van der Waals surface area contributed by atoms with Gasteiger partial charge >= 0.3 is 18.2 Å². The van der Waals surface area contributed by atoms with Crippen LogP contribution in [-0.2, 0) is 14.3 Å². The second-order valence-corrected chi connectivity index (χ2v) is 13.0. The Labute approximate surface area is 234 Å². The molecule has 1 saturated carbocycles. The number of likely N-dealkylation sites (tertiary alicyclic amines) is 2. The number of rotatable bonds is 5. The number of carboxylic acids is 1. The zero-order chi connectivity index (χ0) is 28.3. The first-order chi connectivity index (χ1) is 18.4. The van der Waals surface area contributed by atoms with E-state index in [0.717, 1.165) is 37.0 Å². The zero-order valence-corrected chi connectivity index (χ0v) is 24.2. The number of hydrogen-bond donors (Lipinski definition) is 1. The number of carbonyl (C=O) groups excluding carboxylic acids is 3. The molecule has 4 rings (SSSR count). The van der Waals surface area contributed by atoms with Crippen LogP contribution in [0.15, 0.2) is 11.4 Å². The van der Waals surface area contributed by atoms with Gasteiger partial charge in [-0.2, -0.15) is 0 Å². The van der Waals surface area contributed by atoms with Gasteiger partial charge in [0.15, 0.2) is 0 Å². The Kier molecular flexibility index (Phi) is 9.08. The molecule has 0 radical (unpaired) electrons. The molecular weight excluding hydrogens is 522 g/mol. The van der Waals surface area contributed by atoms with E-state index in [1.807, 2.05) is 20.8 Å². The minimum Gasteiger partial charge on any atom is -0.477 e. The highest BCUT2D eigenvalue weighted by atomic mass is 32.1.